The van der Waals surface area contributed by atoms with E-state index in [1.54, 1.807) is 9.99 Å². The van der Waals surface area contributed by atoms with Gasteiger partial charge >= 0.3 is 12.4 Å². The molecule has 28 heavy (non-hydrogen) atoms. The summed E-state index contributed by atoms with van der Waals surface area (Å²) in [6, 6.07) is 9.22. The number of halogens is 6. The maximum absolute atomic E-state index is 12.6. The predicted molar refractivity (Wildman–Crippen MR) is 91.7 cm³/mol. The van der Waals surface area contributed by atoms with Gasteiger partial charge in [-0.3, -0.25) is 0 Å². The number of imidazole rings is 1. The summed E-state index contributed by atoms with van der Waals surface area (Å²) in [4.78, 5) is 8.57. The fourth-order valence-corrected chi connectivity index (χ4v) is 3.45. The summed E-state index contributed by atoms with van der Waals surface area (Å²) >= 11 is 1.17. The second kappa shape index (κ2) is 6.33. The number of hydrogen-bond acceptors (Lipinski definition) is 3. The first-order chi connectivity index (χ1) is 13.1. The van der Waals surface area contributed by atoms with Crippen LogP contribution in [-0.4, -0.2) is 13.8 Å². The summed E-state index contributed by atoms with van der Waals surface area (Å²) in [6.45, 7) is 0. The number of aromatic nitrogens is 3. The maximum Gasteiger partial charge on any atom is 0.416 e. The Labute approximate surface area is 158 Å². The van der Waals surface area contributed by atoms with Gasteiger partial charge in [0.2, 0.25) is 5.78 Å². The average Bonchev–Trinajstić information content (AvgIpc) is 3.19. The van der Waals surface area contributed by atoms with E-state index >= 15 is 0 Å². The molecule has 144 valence electrons. The Bertz CT molecular complexity index is 1000. The highest BCUT2D eigenvalue weighted by Gasteiger charge is 2.31. The zero-order chi connectivity index (χ0) is 20.1. The molecule has 3 nitrogen and oxygen atoms in total. The molecule has 2 aromatic carbocycles. The molecule has 0 N–H and O–H groups in total. The molecule has 2 heterocycles. The Morgan fingerprint density at radius 2 is 1.18 bits per heavy atom. The lowest BCUT2D eigenvalue weighted by atomic mass is 10.1. The monoisotopic (exact) mass is 413 g/mol. The molecule has 4 rings (SSSR count). The number of rotatable bonds is 2. The van der Waals surface area contributed by atoms with Gasteiger partial charge in [-0.1, -0.05) is 24.3 Å². The normalized spacial score (nSPS) is 12.6. The van der Waals surface area contributed by atoms with Crippen LogP contribution in [0.3, 0.4) is 0 Å². The van der Waals surface area contributed by atoms with Crippen LogP contribution in [0.15, 0.2) is 54.7 Å². The van der Waals surface area contributed by atoms with Crippen molar-refractivity contribution in [1.29, 1.82) is 0 Å². The molecular weight excluding hydrogens is 404 g/mol. The summed E-state index contributed by atoms with van der Waals surface area (Å²) in [6.07, 6.45) is -7.21. The van der Waals surface area contributed by atoms with Crippen molar-refractivity contribution >= 4 is 17.3 Å². The zero-order valence-corrected chi connectivity index (χ0v) is 14.5. The van der Waals surface area contributed by atoms with Crippen LogP contribution in [-0.2, 0) is 12.4 Å². The molecule has 0 atom stereocenters. The maximum atomic E-state index is 12.6. The SMILES string of the molecule is FC(F)(F)c1ccc(-c2cn3sc(-c4ccc(C(F)(F)F)cc4)nc3n2)cc1. The first-order valence-electron chi connectivity index (χ1n) is 7.83. The number of alkyl halides is 6. The topological polar surface area (TPSA) is 30.2 Å². The molecule has 2 aromatic heterocycles. The highest BCUT2D eigenvalue weighted by atomic mass is 32.1. The number of fused-ring (bicyclic) bond motifs is 1. The van der Waals surface area contributed by atoms with Gasteiger partial charge in [-0.15, -0.1) is 0 Å². The Morgan fingerprint density at radius 1 is 0.679 bits per heavy atom. The van der Waals surface area contributed by atoms with Crippen molar-refractivity contribution in [3.05, 3.63) is 65.9 Å². The van der Waals surface area contributed by atoms with Gasteiger partial charge < -0.3 is 0 Å². The molecule has 0 spiro atoms. The number of hydrogen-bond donors (Lipinski definition) is 0. The summed E-state index contributed by atoms with van der Waals surface area (Å²) in [5.74, 6) is 0.315. The van der Waals surface area contributed by atoms with Crippen molar-refractivity contribution in [3.63, 3.8) is 0 Å². The molecule has 0 amide bonds. The number of benzene rings is 2. The van der Waals surface area contributed by atoms with Crippen molar-refractivity contribution < 1.29 is 26.3 Å². The standard InChI is InChI=1S/C18H9F6N3S/c19-17(20,21)12-5-1-10(2-6-12)14-9-27-16(25-14)26-15(28-27)11-3-7-13(8-4-11)18(22,23)24/h1-9H. The second-order valence-corrected chi connectivity index (χ2v) is 6.87. The third-order valence-corrected chi connectivity index (χ3v) is 4.98. The van der Waals surface area contributed by atoms with Crippen LogP contribution < -0.4 is 0 Å². The van der Waals surface area contributed by atoms with Crippen LogP contribution >= 0.6 is 11.5 Å². The molecular formula is C18H9F6N3S. The van der Waals surface area contributed by atoms with E-state index < -0.39 is 23.5 Å². The fourth-order valence-electron chi connectivity index (χ4n) is 2.59. The molecule has 0 bridgehead atoms. The van der Waals surface area contributed by atoms with Gasteiger partial charge in [0.25, 0.3) is 0 Å². The Morgan fingerprint density at radius 3 is 1.64 bits per heavy atom. The van der Waals surface area contributed by atoms with Crippen LogP contribution in [0, 0.1) is 0 Å². The molecule has 0 radical (unpaired) electrons. The van der Waals surface area contributed by atoms with E-state index in [4.69, 9.17) is 0 Å². The average molecular weight is 413 g/mol. The molecule has 10 heteroatoms. The minimum Gasteiger partial charge on any atom is -0.236 e. The van der Waals surface area contributed by atoms with E-state index in [-0.39, 0.29) is 0 Å². The van der Waals surface area contributed by atoms with E-state index in [1.165, 1.54) is 35.8 Å². The van der Waals surface area contributed by atoms with Gasteiger partial charge in [0.1, 0.15) is 5.01 Å². The minimum atomic E-state index is -4.41. The van der Waals surface area contributed by atoms with Crippen molar-refractivity contribution in [2.24, 2.45) is 0 Å². The molecule has 0 aliphatic carbocycles. The smallest absolute Gasteiger partial charge is 0.236 e. The minimum absolute atomic E-state index is 0.315. The van der Waals surface area contributed by atoms with E-state index in [1.807, 2.05) is 0 Å². The zero-order valence-electron chi connectivity index (χ0n) is 13.7. The van der Waals surface area contributed by atoms with Crippen molar-refractivity contribution in [1.82, 2.24) is 13.8 Å². The highest BCUT2D eigenvalue weighted by Crippen LogP contribution is 2.33. The van der Waals surface area contributed by atoms with Gasteiger partial charge in [0, 0.05) is 11.1 Å². The quantitative estimate of drug-likeness (QED) is 0.368. The van der Waals surface area contributed by atoms with E-state index in [0.29, 0.717) is 27.6 Å². The summed E-state index contributed by atoms with van der Waals surface area (Å²) in [5, 5.41) is 0.482. The van der Waals surface area contributed by atoms with Crippen LogP contribution in [0.4, 0.5) is 26.3 Å². The number of nitrogens with zero attached hydrogens (tertiary/aromatic N) is 3. The Kier molecular flexibility index (Phi) is 4.18. The van der Waals surface area contributed by atoms with Crippen LogP contribution in [0.5, 0.6) is 0 Å². The summed E-state index contributed by atoms with van der Waals surface area (Å²) < 4.78 is 77.5. The molecule has 4 aromatic rings. The van der Waals surface area contributed by atoms with Gasteiger partial charge in [-0.05, 0) is 35.8 Å². The summed E-state index contributed by atoms with van der Waals surface area (Å²) in [7, 11) is 0. The van der Waals surface area contributed by atoms with E-state index in [9.17, 15) is 26.3 Å². The first-order valence-corrected chi connectivity index (χ1v) is 8.60. The third kappa shape index (κ3) is 3.47. The van der Waals surface area contributed by atoms with E-state index in [0.717, 1.165) is 24.3 Å². The first kappa shape index (κ1) is 18.5. The Hall–Kier alpha value is -2.88. The van der Waals surface area contributed by atoms with Crippen LogP contribution in [0.1, 0.15) is 11.1 Å². The lowest BCUT2D eigenvalue weighted by molar-refractivity contribution is -0.138. The van der Waals surface area contributed by atoms with Crippen molar-refractivity contribution in [2.75, 3.05) is 0 Å². The van der Waals surface area contributed by atoms with Gasteiger partial charge in [-0.2, -0.15) is 31.3 Å². The second-order valence-electron chi connectivity index (χ2n) is 5.91. The van der Waals surface area contributed by atoms with E-state index in [2.05, 4.69) is 9.97 Å². The molecule has 0 saturated heterocycles. The van der Waals surface area contributed by atoms with Crippen LogP contribution in [0.25, 0.3) is 27.6 Å². The summed E-state index contributed by atoms with van der Waals surface area (Å²) in [5.41, 5.74) is -0.0324. The van der Waals surface area contributed by atoms with Gasteiger partial charge in [-0.25, -0.2) is 8.77 Å². The molecule has 0 unspecified atom stereocenters. The molecule has 0 aliphatic heterocycles. The third-order valence-electron chi connectivity index (χ3n) is 4.01. The van der Waals surface area contributed by atoms with Crippen molar-refractivity contribution in [2.45, 2.75) is 12.4 Å². The highest BCUT2D eigenvalue weighted by molar-refractivity contribution is 7.10. The van der Waals surface area contributed by atoms with Gasteiger partial charge in [0.05, 0.1) is 23.0 Å². The lowest BCUT2D eigenvalue weighted by Crippen LogP contribution is -2.04. The largest absolute Gasteiger partial charge is 0.416 e. The lowest BCUT2D eigenvalue weighted by Gasteiger charge is -2.06. The fraction of sp³-hybridized carbons (Fsp3) is 0.111. The molecule has 0 saturated carbocycles. The van der Waals surface area contributed by atoms with Crippen molar-refractivity contribution in [3.8, 4) is 21.8 Å². The van der Waals surface area contributed by atoms with Crippen LogP contribution in [0.2, 0.25) is 0 Å². The van der Waals surface area contributed by atoms with Gasteiger partial charge in [0.15, 0.2) is 0 Å². The molecule has 0 fully saturated rings. The molecule has 0 aliphatic rings. The predicted octanol–water partition coefficient (Wildman–Crippen LogP) is 6.16. The Balaban J connectivity index is 1.61.